The minimum absolute atomic E-state index is 0.189. The molecule has 3 heteroatoms. The van der Waals surface area contributed by atoms with Crippen molar-refractivity contribution >= 4 is 11.6 Å². The number of carbonyl (C=O) groups is 1. The van der Waals surface area contributed by atoms with Gasteiger partial charge in [0.1, 0.15) is 0 Å². The van der Waals surface area contributed by atoms with E-state index in [2.05, 4.69) is 48.2 Å². The monoisotopic (exact) mass is 320 g/mol. The average molecular weight is 320 g/mol. The largest absolute Gasteiger partial charge is 0.368 e. The standard InChI is InChI=1S/C21H24N2O/c1-16-5-2-3-8-20(16)22-11-13-23(14-12-22)21(24)19-10-9-17-6-4-7-18(17)15-19/h2-3,5,8-10,15H,4,6-7,11-14H2,1H3. The van der Waals surface area contributed by atoms with Gasteiger partial charge in [0.05, 0.1) is 0 Å². The summed E-state index contributed by atoms with van der Waals surface area (Å²) in [6.45, 7) is 5.55. The lowest BCUT2D eigenvalue weighted by Crippen LogP contribution is -2.49. The van der Waals surface area contributed by atoms with Crippen LogP contribution in [0.2, 0.25) is 0 Å². The second kappa shape index (κ2) is 6.31. The van der Waals surface area contributed by atoms with Gasteiger partial charge in [-0.3, -0.25) is 4.79 Å². The fourth-order valence-corrected chi connectivity index (χ4v) is 3.96. The van der Waals surface area contributed by atoms with Gasteiger partial charge in [-0.2, -0.15) is 0 Å². The second-order valence-corrected chi connectivity index (χ2v) is 6.90. The zero-order chi connectivity index (χ0) is 16.5. The molecule has 4 rings (SSSR count). The van der Waals surface area contributed by atoms with E-state index < -0.39 is 0 Å². The number of hydrogen-bond donors (Lipinski definition) is 0. The van der Waals surface area contributed by atoms with Crippen LogP contribution in [0.25, 0.3) is 0 Å². The third-order valence-electron chi connectivity index (χ3n) is 5.37. The van der Waals surface area contributed by atoms with Gasteiger partial charge in [0.15, 0.2) is 0 Å². The molecule has 0 spiro atoms. The molecule has 0 atom stereocenters. The lowest BCUT2D eigenvalue weighted by Gasteiger charge is -2.37. The SMILES string of the molecule is Cc1ccccc1N1CCN(C(=O)c2ccc3c(c2)CCC3)CC1. The molecule has 0 N–H and O–H groups in total. The molecule has 0 aromatic heterocycles. The molecule has 24 heavy (non-hydrogen) atoms. The lowest BCUT2D eigenvalue weighted by molar-refractivity contribution is 0.0746. The molecule has 2 aromatic carbocycles. The summed E-state index contributed by atoms with van der Waals surface area (Å²) < 4.78 is 0. The summed E-state index contributed by atoms with van der Waals surface area (Å²) in [5, 5.41) is 0. The van der Waals surface area contributed by atoms with E-state index in [4.69, 9.17) is 0 Å². The molecule has 0 saturated carbocycles. The molecule has 2 aliphatic rings. The van der Waals surface area contributed by atoms with Crippen molar-refractivity contribution in [3.63, 3.8) is 0 Å². The smallest absolute Gasteiger partial charge is 0.253 e. The topological polar surface area (TPSA) is 23.6 Å². The maximum absolute atomic E-state index is 12.8. The molecular formula is C21H24N2O. The van der Waals surface area contributed by atoms with E-state index in [1.165, 1.54) is 35.2 Å². The van der Waals surface area contributed by atoms with Crippen molar-refractivity contribution in [2.24, 2.45) is 0 Å². The molecular weight excluding hydrogens is 296 g/mol. The zero-order valence-electron chi connectivity index (χ0n) is 14.3. The number of nitrogens with zero attached hydrogens (tertiary/aromatic N) is 2. The first kappa shape index (κ1) is 15.3. The number of fused-ring (bicyclic) bond motifs is 1. The summed E-state index contributed by atoms with van der Waals surface area (Å²) in [6.07, 6.45) is 3.51. The molecule has 0 bridgehead atoms. The summed E-state index contributed by atoms with van der Waals surface area (Å²) in [4.78, 5) is 17.2. The number of aryl methyl sites for hydroxylation is 3. The summed E-state index contributed by atoms with van der Waals surface area (Å²) in [5.74, 6) is 0.189. The molecule has 2 aromatic rings. The van der Waals surface area contributed by atoms with E-state index in [1.54, 1.807) is 0 Å². The van der Waals surface area contributed by atoms with Crippen LogP contribution in [0.3, 0.4) is 0 Å². The van der Waals surface area contributed by atoms with E-state index in [0.717, 1.165) is 38.2 Å². The maximum Gasteiger partial charge on any atom is 0.253 e. The van der Waals surface area contributed by atoms with Crippen LogP contribution in [-0.2, 0) is 12.8 Å². The van der Waals surface area contributed by atoms with Crippen molar-refractivity contribution < 1.29 is 4.79 Å². The summed E-state index contributed by atoms with van der Waals surface area (Å²) in [5.41, 5.74) is 6.26. The minimum atomic E-state index is 0.189. The maximum atomic E-state index is 12.8. The van der Waals surface area contributed by atoms with Crippen molar-refractivity contribution in [3.8, 4) is 0 Å². The van der Waals surface area contributed by atoms with Crippen molar-refractivity contribution in [2.45, 2.75) is 26.2 Å². The Morgan fingerprint density at radius 2 is 1.67 bits per heavy atom. The van der Waals surface area contributed by atoms with Crippen LogP contribution in [0.15, 0.2) is 42.5 Å². The average Bonchev–Trinajstić information content (AvgIpc) is 3.09. The Hall–Kier alpha value is -2.29. The van der Waals surface area contributed by atoms with E-state index in [1.807, 2.05) is 11.0 Å². The van der Waals surface area contributed by atoms with E-state index in [0.29, 0.717) is 0 Å². The second-order valence-electron chi connectivity index (χ2n) is 6.90. The summed E-state index contributed by atoms with van der Waals surface area (Å²) in [6, 6.07) is 14.8. The number of rotatable bonds is 2. The highest BCUT2D eigenvalue weighted by Crippen LogP contribution is 2.24. The van der Waals surface area contributed by atoms with Crippen LogP contribution in [0, 0.1) is 6.92 Å². The first-order valence-electron chi connectivity index (χ1n) is 8.94. The van der Waals surface area contributed by atoms with E-state index in [-0.39, 0.29) is 5.91 Å². The summed E-state index contributed by atoms with van der Waals surface area (Å²) >= 11 is 0. The first-order chi connectivity index (χ1) is 11.7. The van der Waals surface area contributed by atoms with Gasteiger partial charge in [0.25, 0.3) is 5.91 Å². The molecule has 1 aliphatic heterocycles. The molecule has 0 unspecified atom stereocenters. The van der Waals surface area contributed by atoms with E-state index in [9.17, 15) is 4.79 Å². The highest BCUT2D eigenvalue weighted by Gasteiger charge is 2.23. The van der Waals surface area contributed by atoms with Gasteiger partial charge in [-0.15, -0.1) is 0 Å². The number of hydrogen-bond acceptors (Lipinski definition) is 2. The van der Waals surface area contributed by atoms with Gasteiger partial charge >= 0.3 is 0 Å². The highest BCUT2D eigenvalue weighted by molar-refractivity contribution is 5.94. The van der Waals surface area contributed by atoms with Crippen LogP contribution in [0.5, 0.6) is 0 Å². The fraction of sp³-hybridized carbons (Fsp3) is 0.381. The molecule has 124 valence electrons. The summed E-state index contributed by atoms with van der Waals surface area (Å²) in [7, 11) is 0. The van der Waals surface area contributed by atoms with Crippen molar-refractivity contribution in [1.29, 1.82) is 0 Å². The lowest BCUT2D eigenvalue weighted by atomic mass is 10.1. The molecule has 3 nitrogen and oxygen atoms in total. The zero-order valence-corrected chi connectivity index (χ0v) is 14.3. The van der Waals surface area contributed by atoms with Gasteiger partial charge in [-0.1, -0.05) is 24.3 Å². The third-order valence-corrected chi connectivity index (χ3v) is 5.37. The van der Waals surface area contributed by atoms with Crippen LogP contribution < -0.4 is 4.90 Å². The van der Waals surface area contributed by atoms with Crippen molar-refractivity contribution in [2.75, 3.05) is 31.1 Å². The highest BCUT2D eigenvalue weighted by atomic mass is 16.2. The Labute approximate surface area is 143 Å². The van der Waals surface area contributed by atoms with Crippen molar-refractivity contribution in [1.82, 2.24) is 4.90 Å². The van der Waals surface area contributed by atoms with Crippen molar-refractivity contribution in [3.05, 3.63) is 64.7 Å². The predicted molar refractivity (Wildman–Crippen MR) is 97.8 cm³/mol. The number of para-hydroxylation sites is 1. The molecule has 1 aliphatic carbocycles. The molecule has 0 radical (unpaired) electrons. The van der Waals surface area contributed by atoms with Gasteiger partial charge in [-0.25, -0.2) is 0 Å². The van der Waals surface area contributed by atoms with Gasteiger partial charge in [-0.05, 0) is 61.1 Å². The van der Waals surface area contributed by atoms with E-state index >= 15 is 0 Å². The third kappa shape index (κ3) is 2.79. The Bertz CT molecular complexity index is 760. The number of anilines is 1. The van der Waals surface area contributed by atoms with Crippen LogP contribution in [-0.4, -0.2) is 37.0 Å². The number of benzene rings is 2. The Morgan fingerprint density at radius 3 is 2.46 bits per heavy atom. The van der Waals surface area contributed by atoms with Gasteiger partial charge in [0.2, 0.25) is 0 Å². The van der Waals surface area contributed by atoms with Crippen LogP contribution in [0.4, 0.5) is 5.69 Å². The molecule has 1 amide bonds. The quantitative estimate of drug-likeness (QED) is 0.846. The fourth-order valence-electron chi connectivity index (χ4n) is 3.96. The minimum Gasteiger partial charge on any atom is -0.368 e. The number of piperazine rings is 1. The normalized spacial score (nSPS) is 17.0. The van der Waals surface area contributed by atoms with Crippen LogP contribution >= 0.6 is 0 Å². The van der Waals surface area contributed by atoms with Crippen LogP contribution in [0.1, 0.15) is 33.5 Å². The van der Waals surface area contributed by atoms with Gasteiger partial charge in [0, 0.05) is 37.4 Å². The molecule has 1 fully saturated rings. The molecule has 1 heterocycles. The first-order valence-corrected chi connectivity index (χ1v) is 8.94. The Balaban J connectivity index is 1.44. The molecule has 1 saturated heterocycles. The van der Waals surface area contributed by atoms with Gasteiger partial charge < -0.3 is 9.80 Å². The predicted octanol–water partition coefficient (Wildman–Crippen LogP) is 3.45. The number of carbonyl (C=O) groups excluding carboxylic acids is 1. The Kier molecular flexibility index (Phi) is 4.01. The number of amides is 1. The Morgan fingerprint density at radius 1 is 0.917 bits per heavy atom.